The van der Waals surface area contributed by atoms with E-state index >= 15 is 0 Å². The Kier molecular flexibility index (Phi) is 4.75. The first kappa shape index (κ1) is 14.1. The van der Waals surface area contributed by atoms with Crippen LogP contribution in [0.1, 0.15) is 30.2 Å². The fourth-order valence-corrected chi connectivity index (χ4v) is 1.75. The Morgan fingerprint density at radius 1 is 1.40 bits per heavy atom. The van der Waals surface area contributed by atoms with E-state index in [2.05, 4.69) is 10.3 Å². The van der Waals surface area contributed by atoms with Crippen molar-refractivity contribution in [3.8, 4) is 11.8 Å². The minimum Gasteiger partial charge on any atom is -0.479 e. The average Bonchev–Trinajstić information content (AvgIpc) is 2.90. The average molecular weight is 271 g/mol. The van der Waals surface area contributed by atoms with E-state index in [1.807, 2.05) is 44.2 Å². The van der Waals surface area contributed by atoms with Gasteiger partial charge < -0.3 is 14.5 Å². The molecule has 1 heterocycles. The molecule has 1 unspecified atom stereocenters. The van der Waals surface area contributed by atoms with Crippen LogP contribution in [0.3, 0.4) is 0 Å². The van der Waals surface area contributed by atoms with E-state index in [9.17, 15) is 0 Å². The second kappa shape index (κ2) is 6.73. The van der Waals surface area contributed by atoms with Crippen LogP contribution in [0.5, 0.6) is 5.75 Å². The summed E-state index contributed by atoms with van der Waals surface area (Å²) in [4.78, 5) is 4.20. The maximum absolute atomic E-state index is 8.44. The molecule has 1 aromatic carbocycles. The molecule has 104 valence electrons. The van der Waals surface area contributed by atoms with Crippen molar-refractivity contribution >= 4 is 0 Å². The molecule has 1 aromatic heterocycles. The van der Waals surface area contributed by atoms with E-state index in [0.717, 1.165) is 11.3 Å². The Labute approximate surface area is 118 Å². The van der Waals surface area contributed by atoms with Gasteiger partial charge in [0.15, 0.2) is 6.61 Å². The molecule has 0 spiro atoms. The molecule has 5 nitrogen and oxygen atoms in total. The summed E-state index contributed by atoms with van der Waals surface area (Å²) >= 11 is 0. The number of aryl methyl sites for hydroxylation is 1. The predicted octanol–water partition coefficient (Wildman–Crippen LogP) is 2.74. The van der Waals surface area contributed by atoms with Gasteiger partial charge in [0.25, 0.3) is 0 Å². The monoisotopic (exact) mass is 271 g/mol. The van der Waals surface area contributed by atoms with Gasteiger partial charge in [-0.2, -0.15) is 5.26 Å². The summed E-state index contributed by atoms with van der Waals surface area (Å²) in [5, 5.41) is 11.8. The molecule has 0 aliphatic rings. The van der Waals surface area contributed by atoms with Crippen LogP contribution in [0.2, 0.25) is 0 Å². The second-order valence-corrected chi connectivity index (χ2v) is 4.50. The van der Waals surface area contributed by atoms with Gasteiger partial charge in [-0.15, -0.1) is 0 Å². The zero-order valence-corrected chi connectivity index (χ0v) is 11.6. The molecule has 0 radical (unpaired) electrons. The molecule has 0 bridgehead atoms. The highest BCUT2D eigenvalue weighted by Gasteiger charge is 2.10. The largest absolute Gasteiger partial charge is 0.479 e. The Hall–Kier alpha value is -2.32. The predicted molar refractivity (Wildman–Crippen MR) is 74.0 cm³/mol. The number of benzene rings is 1. The van der Waals surface area contributed by atoms with Crippen LogP contribution in [0.15, 0.2) is 34.9 Å². The van der Waals surface area contributed by atoms with E-state index in [0.29, 0.717) is 18.2 Å². The van der Waals surface area contributed by atoms with Crippen LogP contribution in [0.4, 0.5) is 0 Å². The number of hydrogen-bond acceptors (Lipinski definition) is 5. The number of hydrogen-bond donors (Lipinski definition) is 1. The first-order valence-corrected chi connectivity index (χ1v) is 6.43. The summed E-state index contributed by atoms with van der Waals surface area (Å²) in [6.45, 7) is 4.66. The van der Waals surface area contributed by atoms with E-state index in [4.69, 9.17) is 14.4 Å². The van der Waals surface area contributed by atoms with Crippen molar-refractivity contribution in [3.05, 3.63) is 47.7 Å². The standard InChI is InChI=1S/C15H17N3O2/c1-11-9-18-15(20-11)12(2)17-10-13-3-5-14(6-4-13)19-8-7-16/h3-6,9,12,17H,8,10H2,1-2H3. The van der Waals surface area contributed by atoms with E-state index in [1.54, 1.807) is 6.20 Å². The second-order valence-electron chi connectivity index (χ2n) is 4.50. The van der Waals surface area contributed by atoms with Gasteiger partial charge in [-0.1, -0.05) is 12.1 Å². The smallest absolute Gasteiger partial charge is 0.211 e. The lowest BCUT2D eigenvalue weighted by Gasteiger charge is -2.10. The third kappa shape index (κ3) is 3.84. The van der Waals surface area contributed by atoms with Crippen molar-refractivity contribution < 1.29 is 9.15 Å². The normalized spacial score (nSPS) is 11.8. The molecule has 0 aliphatic heterocycles. The lowest BCUT2D eigenvalue weighted by molar-refractivity contribution is 0.368. The van der Waals surface area contributed by atoms with Crippen molar-refractivity contribution in [1.29, 1.82) is 5.26 Å². The summed E-state index contributed by atoms with van der Waals surface area (Å²) in [6, 6.07) is 9.63. The summed E-state index contributed by atoms with van der Waals surface area (Å²) in [7, 11) is 0. The fourth-order valence-electron chi connectivity index (χ4n) is 1.75. The number of nitrogens with one attached hydrogen (secondary N) is 1. The molecule has 0 aliphatic carbocycles. The molecular formula is C15H17N3O2. The highest BCUT2D eigenvalue weighted by atomic mass is 16.5. The van der Waals surface area contributed by atoms with Crippen molar-refractivity contribution in [3.63, 3.8) is 0 Å². The number of oxazole rings is 1. The van der Waals surface area contributed by atoms with Crippen LogP contribution in [-0.4, -0.2) is 11.6 Å². The third-order valence-corrected chi connectivity index (χ3v) is 2.85. The van der Waals surface area contributed by atoms with Crippen LogP contribution in [0, 0.1) is 18.3 Å². The number of ether oxygens (including phenoxy) is 1. The molecule has 2 aromatic rings. The van der Waals surface area contributed by atoms with Crippen LogP contribution >= 0.6 is 0 Å². The molecule has 1 atom stereocenters. The maximum atomic E-state index is 8.44. The van der Waals surface area contributed by atoms with Crippen molar-refractivity contribution in [2.75, 3.05) is 6.61 Å². The summed E-state index contributed by atoms with van der Waals surface area (Å²) < 4.78 is 10.7. The summed E-state index contributed by atoms with van der Waals surface area (Å²) in [5.41, 5.74) is 1.13. The number of nitrogens with zero attached hydrogens (tertiary/aromatic N) is 2. The number of aromatic nitrogens is 1. The molecule has 0 amide bonds. The molecule has 1 N–H and O–H groups in total. The van der Waals surface area contributed by atoms with E-state index in [-0.39, 0.29) is 12.6 Å². The maximum Gasteiger partial charge on any atom is 0.211 e. The van der Waals surface area contributed by atoms with Gasteiger partial charge in [-0.3, -0.25) is 0 Å². The zero-order valence-electron chi connectivity index (χ0n) is 11.6. The van der Waals surface area contributed by atoms with Crippen molar-refractivity contribution in [1.82, 2.24) is 10.3 Å². The Morgan fingerprint density at radius 3 is 2.75 bits per heavy atom. The van der Waals surface area contributed by atoms with E-state index < -0.39 is 0 Å². The number of nitriles is 1. The van der Waals surface area contributed by atoms with E-state index in [1.165, 1.54) is 0 Å². The van der Waals surface area contributed by atoms with Gasteiger partial charge in [-0.25, -0.2) is 4.98 Å². The number of rotatable bonds is 6. The Bertz CT molecular complexity index is 584. The molecule has 2 rings (SSSR count). The topological polar surface area (TPSA) is 71.1 Å². The Balaban J connectivity index is 1.86. The summed E-state index contributed by atoms with van der Waals surface area (Å²) in [6.07, 6.45) is 1.72. The van der Waals surface area contributed by atoms with Crippen LogP contribution in [-0.2, 0) is 6.54 Å². The summed E-state index contributed by atoms with van der Waals surface area (Å²) in [5.74, 6) is 2.20. The fraction of sp³-hybridized carbons (Fsp3) is 0.333. The molecule has 0 fully saturated rings. The third-order valence-electron chi connectivity index (χ3n) is 2.85. The van der Waals surface area contributed by atoms with Gasteiger partial charge in [0.2, 0.25) is 5.89 Å². The SMILES string of the molecule is Cc1cnc(C(C)NCc2ccc(OCC#N)cc2)o1. The quantitative estimate of drug-likeness (QED) is 0.874. The van der Waals surface area contributed by atoms with Gasteiger partial charge in [0.1, 0.15) is 17.6 Å². The van der Waals surface area contributed by atoms with Crippen molar-refractivity contribution in [2.45, 2.75) is 26.4 Å². The Morgan fingerprint density at radius 2 is 2.15 bits per heavy atom. The zero-order chi connectivity index (χ0) is 14.4. The lowest BCUT2D eigenvalue weighted by Crippen LogP contribution is -2.18. The molecule has 0 saturated carbocycles. The van der Waals surface area contributed by atoms with Gasteiger partial charge in [0, 0.05) is 6.54 Å². The van der Waals surface area contributed by atoms with Crippen LogP contribution < -0.4 is 10.1 Å². The molecule has 0 saturated heterocycles. The lowest BCUT2D eigenvalue weighted by atomic mass is 10.2. The van der Waals surface area contributed by atoms with Crippen LogP contribution in [0.25, 0.3) is 0 Å². The first-order valence-electron chi connectivity index (χ1n) is 6.43. The van der Waals surface area contributed by atoms with Gasteiger partial charge in [-0.05, 0) is 31.5 Å². The first-order chi connectivity index (χ1) is 9.69. The minimum atomic E-state index is 0.0539. The van der Waals surface area contributed by atoms with Crippen molar-refractivity contribution in [2.24, 2.45) is 0 Å². The minimum absolute atomic E-state index is 0.0539. The molecule has 20 heavy (non-hydrogen) atoms. The van der Waals surface area contributed by atoms with Gasteiger partial charge in [0.05, 0.1) is 12.2 Å². The van der Waals surface area contributed by atoms with Gasteiger partial charge >= 0.3 is 0 Å². The highest BCUT2D eigenvalue weighted by molar-refractivity contribution is 5.27. The molecule has 5 heteroatoms. The highest BCUT2D eigenvalue weighted by Crippen LogP contribution is 2.15. The molecular weight excluding hydrogens is 254 g/mol.